The summed E-state index contributed by atoms with van der Waals surface area (Å²) < 4.78 is 10.8. The lowest BCUT2D eigenvalue weighted by atomic mass is 10.2. The molecule has 3 aromatic rings. The van der Waals surface area contributed by atoms with E-state index in [-0.39, 0.29) is 18.1 Å². The maximum Gasteiger partial charge on any atom is 0.273 e. The van der Waals surface area contributed by atoms with Crippen molar-refractivity contribution in [2.45, 2.75) is 24.9 Å². The molecule has 0 aromatic carbocycles. The van der Waals surface area contributed by atoms with Crippen LogP contribution in [0.25, 0.3) is 11.3 Å². The van der Waals surface area contributed by atoms with E-state index in [1.54, 1.807) is 23.5 Å². The molecular weight excluding hydrogens is 328 g/mol. The second kappa shape index (κ2) is 6.26. The molecule has 1 amide bonds. The third-order valence-electron chi connectivity index (χ3n) is 3.96. The van der Waals surface area contributed by atoms with Crippen molar-refractivity contribution in [3.63, 3.8) is 0 Å². The second-order valence-electron chi connectivity index (χ2n) is 5.83. The summed E-state index contributed by atoms with van der Waals surface area (Å²) in [6.45, 7) is 0.0427. The first-order valence-corrected chi connectivity index (χ1v) is 8.70. The lowest BCUT2D eigenvalue weighted by Gasteiger charge is -2.08. The summed E-state index contributed by atoms with van der Waals surface area (Å²) in [5, 5.41) is 20.5. The fourth-order valence-corrected chi connectivity index (χ4v) is 3.07. The van der Waals surface area contributed by atoms with Gasteiger partial charge in [0.1, 0.15) is 23.4 Å². The minimum Gasteiger partial charge on any atom is -0.458 e. The highest BCUT2D eigenvalue weighted by Gasteiger charge is 2.29. The number of aliphatic hydroxyl groups excluding tert-OH is 1. The van der Waals surface area contributed by atoms with Crippen LogP contribution in [0, 0.1) is 0 Å². The quantitative estimate of drug-likeness (QED) is 0.716. The van der Waals surface area contributed by atoms with Gasteiger partial charge in [-0.2, -0.15) is 11.3 Å². The van der Waals surface area contributed by atoms with Crippen molar-refractivity contribution in [1.29, 1.82) is 0 Å². The summed E-state index contributed by atoms with van der Waals surface area (Å²) >= 11 is 1.58. The van der Waals surface area contributed by atoms with Gasteiger partial charge < -0.3 is 19.4 Å². The lowest BCUT2D eigenvalue weighted by Crippen LogP contribution is -2.28. The number of carbonyl (C=O) groups is 1. The van der Waals surface area contributed by atoms with Crippen LogP contribution in [0.4, 0.5) is 0 Å². The third-order valence-corrected chi connectivity index (χ3v) is 4.64. The maximum atomic E-state index is 12.1. The predicted octanol–water partition coefficient (Wildman–Crippen LogP) is 3.34. The highest BCUT2D eigenvalue weighted by atomic mass is 32.1. The van der Waals surface area contributed by atoms with Gasteiger partial charge in [-0.25, -0.2) is 0 Å². The van der Waals surface area contributed by atoms with Crippen LogP contribution in [-0.4, -0.2) is 22.7 Å². The zero-order chi connectivity index (χ0) is 16.5. The van der Waals surface area contributed by atoms with Crippen molar-refractivity contribution in [1.82, 2.24) is 10.5 Å². The van der Waals surface area contributed by atoms with Crippen LogP contribution in [-0.2, 0) is 0 Å². The molecule has 4 rings (SSSR count). The maximum absolute atomic E-state index is 12.1. The Bertz CT molecular complexity index is 833. The SMILES string of the molecule is O=C(NC[C@@H](O)c1ccc(-c2ccsc2)o1)c1cc(C2CC2)on1. The number of nitrogens with zero attached hydrogens (tertiary/aromatic N) is 1. The number of amides is 1. The van der Waals surface area contributed by atoms with E-state index in [0.29, 0.717) is 17.4 Å². The van der Waals surface area contributed by atoms with Gasteiger partial charge in [-0.15, -0.1) is 0 Å². The minimum atomic E-state index is -0.920. The summed E-state index contributed by atoms with van der Waals surface area (Å²) in [5.41, 5.74) is 1.21. The van der Waals surface area contributed by atoms with Crippen molar-refractivity contribution in [3.8, 4) is 11.3 Å². The third kappa shape index (κ3) is 3.13. The van der Waals surface area contributed by atoms with E-state index in [1.165, 1.54) is 0 Å². The largest absolute Gasteiger partial charge is 0.458 e. The Hall–Kier alpha value is -2.38. The topological polar surface area (TPSA) is 88.5 Å². The second-order valence-corrected chi connectivity index (χ2v) is 6.61. The van der Waals surface area contributed by atoms with Crippen molar-refractivity contribution < 1.29 is 18.8 Å². The van der Waals surface area contributed by atoms with Crippen LogP contribution in [0.3, 0.4) is 0 Å². The summed E-state index contributed by atoms with van der Waals surface area (Å²) in [6, 6.07) is 7.14. The van der Waals surface area contributed by atoms with Gasteiger partial charge >= 0.3 is 0 Å². The van der Waals surface area contributed by atoms with E-state index >= 15 is 0 Å². The first kappa shape index (κ1) is 15.2. The van der Waals surface area contributed by atoms with E-state index in [2.05, 4.69) is 10.5 Å². The molecule has 1 atom stereocenters. The van der Waals surface area contributed by atoms with Gasteiger partial charge in [-0.3, -0.25) is 4.79 Å². The first-order chi connectivity index (χ1) is 11.7. The average Bonchev–Trinajstić information content (AvgIpc) is 3.07. The smallest absolute Gasteiger partial charge is 0.273 e. The number of furan rings is 1. The standard InChI is InChI=1S/C17H16N2O4S/c20-13(15-4-3-14(22-15)11-5-6-24-9-11)8-18-17(21)12-7-16(23-19-12)10-1-2-10/h3-7,9-10,13,20H,1-2,8H2,(H,18,21)/t13-/m1/s1. The van der Waals surface area contributed by atoms with E-state index in [9.17, 15) is 9.90 Å². The molecule has 0 radical (unpaired) electrons. The van der Waals surface area contributed by atoms with Crippen LogP contribution in [0.15, 0.2) is 44.0 Å². The Morgan fingerprint density at radius 1 is 1.42 bits per heavy atom. The summed E-state index contributed by atoms with van der Waals surface area (Å²) in [5.74, 6) is 1.90. The number of nitrogens with one attached hydrogen (secondary N) is 1. The van der Waals surface area contributed by atoms with Gasteiger partial charge in [-0.05, 0) is 36.4 Å². The average molecular weight is 344 g/mol. The molecule has 7 heteroatoms. The molecule has 2 N–H and O–H groups in total. The number of hydrogen-bond donors (Lipinski definition) is 2. The first-order valence-electron chi connectivity index (χ1n) is 7.76. The highest BCUT2D eigenvalue weighted by Crippen LogP contribution is 2.40. The Morgan fingerprint density at radius 3 is 3.04 bits per heavy atom. The number of aromatic nitrogens is 1. The zero-order valence-electron chi connectivity index (χ0n) is 12.8. The molecule has 0 saturated heterocycles. The molecule has 124 valence electrons. The molecule has 6 nitrogen and oxygen atoms in total. The summed E-state index contributed by atoms with van der Waals surface area (Å²) in [4.78, 5) is 12.1. The Labute approximate surface area is 142 Å². The van der Waals surface area contributed by atoms with E-state index in [0.717, 1.165) is 24.2 Å². The lowest BCUT2D eigenvalue weighted by molar-refractivity contribution is 0.0893. The van der Waals surface area contributed by atoms with E-state index < -0.39 is 6.10 Å². The van der Waals surface area contributed by atoms with Crippen LogP contribution in [0.1, 0.15) is 46.9 Å². The van der Waals surface area contributed by atoms with Crippen molar-refractivity contribution in [2.24, 2.45) is 0 Å². The van der Waals surface area contributed by atoms with Gasteiger partial charge in [0.25, 0.3) is 5.91 Å². The molecule has 1 aliphatic carbocycles. The Balaban J connectivity index is 1.35. The van der Waals surface area contributed by atoms with E-state index in [1.807, 2.05) is 22.9 Å². The minimum absolute atomic E-state index is 0.0427. The van der Waals surface area contributed by atoms with Gasteiger partial charge in [-0.1, -0.05) is 5.16 Å². The molecular formula is C17H16N2O4S. The number of thiophene rings is 1. The van der Waals surface area contributed by atoms with E-state index in [4.69, 9.17) is 8.94 Å². The Kier molecular flexibility index (Phi) is 3.95. The molecule has 0 bridgehead atoms. The molecule has 0 spiro atoms. The number of aliphatic hydroxyl groups is 1. The predicted molar refractivity (Wildman–Crippen MR) is 87.8 cm³/mol. The number of carbonyl (C=O) groups excluding carboxylic acids is 1. The summed E-state index contributed by atoms with van der Waals surface area (Å²) in [6.07, 6.45) is 1.25. The van der Waals surface area contributed by atoms with Crippen LogP contribution >= 0.6 is 11.3 Å². The molecule has 3 aromatic heterocycles. The van der Waals surface area contributed by atoms with Gasteiger partial charge in [0.05, 0.1) is 6.54 Å². The number of hydrogen-bond acceptors (Lipinski definition) is 6. The summed E-state index contributed by atoms with van der Waals surface area (Å²) in [7, 11) is 0. The van der Waals surface area contributed by atoms with Crippen molar-refractivity contribution in [3.05, 3.63) is 52.2 Å². The molecule has 3 heterocycles. The molecule has 1 fully saturated rings. The molecule has 0 unspecified atom stereocenters. The highest BCUT2D eigenvalue weighted by molar-refractivity contribution is 7.08. The van der Waals surface area contributed by atoms with Crippen LogP contribution in [0.2, 0.25) is 0 Å². The monoisotopic (exact) mass is 344 g/mol. The Morgan fingerprint density at radius 2 is 2.29 bits per heavy atom. The van der Waals surface area contributed by atoms with Gasteiger partial charge in [0.2, 0.25) is 0 Å². The molecule has 1 saturated carbocycles. The zero-order valence-corrected chi connectivity index (χ0v) is 13.6. The molecule has 24 heavy (non-hydrogen) atoms. The van der Waals surface area contributed by atoms with Crippen LogP contribution in [0.5, 0.6) is 0 Å². The van der Waals surface area contributed by atoms with Gasteiger partial charge in [0.15, 0.2) is 5.69 Å². The molecule has 0 aliphatic heterocycles. The van der Waals surface area contributed by atoms with Crippen LogP contribution < -0.4 is 5.32 Å². The fourth-order valence-electron chi connectivity index (χ4n) is 2.43. The van der Waals surface area contributed by atoms with Crippen molar-refractivity contribution in [2.75, 3.05) is 6.54 Å². The normalized spacial score (nSPS) is 15.4. The number of rotatable bonds is 6. The molecule has 1 aliphatic rings. The van der Waals surface area contributed by atoms with Crippen molar-refractivity contribution >= 4 is 17.2 Å². The fraction of sp³-hybridized carbons (Fsp3) is 0.294. The van der Waals surface area contributed by atoms with Gasteiger partial charge in [0, 0.05) is 22.9 Å².